The van der Waals surface area contributed by atoms with E-state index in [4.69, 9.17) is 0 Å². The van der Waals surface area contributed by atoms with E-state index in [-0.39, 0.29) is 0 Å². The summed E-state index contributed by atoms with van der Waals surface area (Å²) in [6.07, 6.45) is 2.25. The summed E-state index contributed by atoms with van der Waals surface area (Å²) in [5, 5.41) is 12.8. The van der Waals surface area contributed by atoms with Crippen molar-refractivity contribution < 1.29 is 14.7 Å². The van der Waals surface area contributed by atoms with Crippen LogP contribution < -0.4 is 10.2 Å². The third-order valence-electron chi connectivity index (χ3n) is 7.21. The van der Waals surface area contributed by atoms with E-state index >= 15 is 0 Å². The number of amides is 1. The van der Waals surface area contributed by atoms with Gasteiger partial charge in [-0.2, -0.15) is 11.8 Å². The minimum absolute atomic E-state index is 0.328. The highest BCUT2D eigenvalue weighted by Gasteiger charge is 2.35. The van der Waals surface area contributed by atoms with Crippen molar-refractivity contribution in [1.82, 2.24) is 5.32 Å². The number of aryl methyl sites for hydroxylation is 1. The van der Waals surface area contributed by atoms with E-state index in [0.29, 0.717) is 30.8 Å². The van der Waals surface area contributed by atoms with Crippen molar-refractivity contribution >= 4 is 45.3 Å². The molecular formula is C34H35BrN2O3S. The van der Waals surface area contributed by atoms with Gasteiger partial charge in [0.15, 0.2) is 0 Å². The maximum atomic E-state index is 13.7. The summed E-state index contributed by atoms with van der Waals surface area (Å²) in [5.74, 6) is -0.809. The summed E-state index contributed by atoms with van der Waals surface area (Å²) < 4.78 is 1.04. The third kappa shape index (κ3) is 7.80. The molecule has 0 fully saturated rings. The fraction of sp³-hybridized carbons (Fsp3) is 0.235. The van der Waals surface area contributed by atoms with Gasteiger partial charge in [-0.1, -0.05) is 76.6 Å². The number of hydrogen-bond acceptors (Lipinski definition) is 4. The van der Waals surface area contributed by atoms with Crippen LogP contribution in [0, 0.1) is 6.92 Å². The average molecular weight is 632 g/mol. The van der Waals surface area contributed by atoms with Crippen LogP contribution in [-0.2, 0) is 17.9 Å². The van der Waals surface area contributed by atoms with Gasteiger partial charge in [0, 0.05) is 28.8 Å². The number of benzene rings is 4. The minimum atomic E-state index is -1.36. The molecule has 5 nitrogen and oxygen atoms in total. The maximum Gasteiger partial charge on any atom is 0.329 e. The highest BCUT2D eigenvalue weighted by molar-refractivity contribution is 9.10. The largest absolute Gasteiger partial charge is 0.480 e. The molecule has 0 spiro atoms. The van der Waals surface area contributed by atoms with E-state index in [9.17, 15) is 14.7 Å². The Labute approximate surface area is 255 Å². The summed E-state index contributed by atoms with van der Waals surface area (Å²) >= 11 is 5.08. The molecule has 1 amide bonds. The molecular weight excluding hydrogens is 596 g/mol. The highest BCUT2D eigenvalue weighted by atomic mass is 79.9. The Balaban J connectivity index is 1.72. The molecule has 0 radical (unpaired) electrons. The first-order valence-electron chi connectivity index (χ1n) is 13.5. The number of anilines is 1. The van der Waals surface area contributed by atoms with Gasteiger partial charge in [-0.3, -0.25) is 4.79 Å². The zero-order valence-corrected chi connectivity index (χ0v) is 26.0. The summed E-state index contributed by atoms with van der Waals surface area (Å²) in [7, 11) is 0. The number of halogens is 1. The standard InChI is InChI=1S/C34H35BrN2O3S/c1-24-9-7-8-12-29(24)31-21-26(15-18-30(31)32(38)36-34(2,33(39)40)19-20-41-3)23-37(28-10-5-4-6-11-28)22-25-13-16-27(35)17-14-25/h4-18,21H,19-20,22-23H2,1-3H3,(H,36,38)(H,39,40)/t34-/m0/s1. The van der Waals surface area contributed by atoms with Crippen molar-refractivity contribution in [3.05, 3.63) is 124 Å². The molecule has 0 heterocycles. The molecule has 41 heavy (non-hydrogen) atoms. The van der Waals surface area contributed by atoms with Crippen LogP contribution in [0.25, 0.3) is 11.1 Å². The van der Waals surface area contributed by atoms with Gasteiger partial charge in [0.05, 0.1) is 0 Å². The van der Waals surface area contributed by atoms with Crippen LogP contribution in [-0.4, -0.2) is 34.5 Å². The number of nitrogens with one attached hydrogen (secondary N) is 1. The molecule has 0 aliphatic heterocycles. The molecule has 0 aliphatic rings. The number of rotatable bonds is 12. The number of carboxylic acids is 1. The van der Waals surface area contributed by atoms with Gasteiger partial charge in [0.25, 0.3) is 5.91 Å². The molecule has 4 rings (SSSR count). The normalized spacial score (nSPS) is 12.4. The smallest absolute Gasteiger partial charge is 0.329 e. The Bertz CT molecular complexity index is 1490. The lowest BCUT2D eigenvalue weighted by Gasteiger charge is -2.28. The number of carbonyl (C=O) groups is 2. The molecule has 0 aromatic heterocycles. The molecule has 0 aliphatic carbocycles. The van der Waals surface area contributed by atoms with Crippen LogP contribution in [0.2, 0.25) is 0 Å². The fourth-order valence-electron chi connectivity index (χ4n) is 4.74. The van der Waals surface area contributed by atoms with Gasteiger partial charge in [-0.25, -0.2) is 4.79 Å². The molecule has 0 bridgehead atoms. The molecule has 4 aromatic rings. The maximum absolute atomic E-state index is 13.7. The first kappa shape index (κ1) is 30.4. The number of aliphatic carboxylic acids is 1. The second-order valence-electron chi connectivity index (χ2n) is 10.3. The first-order chi connectivity index (χ1) is 19.7. The summed E-state index contributed by atoms with van der Waals surface area (Å²) in [6, 6.07) is 32.4. The molecule has 1 atom stereocenters. The minimum Gasteiger partial charge on any atom is -0.480 e. The Morgan fingerprint density at radius 3 is 2.17 bits per heavy atom. The van der Waals surface area contributed by atoms with Crippen molar-refractivity contribution in [3.8, 4) is 11.1 Å². The fourth-order valence-corrected chi connectivity index (χ4v) is 5.62. The van der Waals surface area contributed by atoms with Gasteiger partial charge < -0.3 is 15.3 Å². The number of para-hydroxylation sites is 1. The van der Waals surface area contributed by atoms with Crippen LogP contribution in [0.5, 0.6) is 0 Å². The molecule has 0 saturated carbocycles. The number of thioether (sulfide) groups is 1. The van der Waals surface area contributed by atoms with Crippen LogP contribution in [0.1, 0.15) is 40.4 Å². The van der Waals surface area contributed by atoms with Gasteiger partial charge in [-0.15, -0.1) is 0 Å². The Kier molecular flexibility index (Phi) is 10.3. The molecule has 7 heteroatoms. The lowest BCUT2D eigenvalue weighted by molar-refractivity contribution is -0.143. The first-order valence-corrected chi connectivity index (χ1v) is 15.7. The molecule has 4 aromatic carbocycles. The lowest BCUT2D eigenvalue weighted by atomic mass is 9.92. The monoisotopic (exact) mass is 630 g/mol. The Hall–Kier alpha value is -3.55. The predicted octanol–water partition coefficient (Wildman–Crippen LogP) is 7.96. The number of carbonyl (C=O) groups excluding carboxylic acids is 1. The van der Waals surface area contributed by atoms with E-state index in [1.165, 1.54) is 5.56 Å². The number of hydrogen-bond donors (Lipinski definition) is 2. The summed E-state index contributed by atoms with van der Waals surface area (Å²) in [6.45, 7) is 4.94. The van der Waals surface area contributed by atoms with Gasteiger partial charge in [0.2, 0.25) is 0 Å². The third-order valence-corrected chi connectivity index (χ3v) is 8.35. The molecule has 0 saturated heterocycles. The van der Waals surface area contributed by atoms with Gasteiger partial charge in [-0.05, 0) is 96.5 Å². The van der Waals surface area contributed by atoms with Crippen molar-refractivity contribution in [3.63, 3.8) is 0 Å². The quantitative estimate of drug-likeness (QED) is 0.166. The summed E-state index contributed by atoms with van der Waals surface area (Å²) in [4.78, 5) is 28.1. The number of carboxylic acid groups (broad SMARTS) is 1. The predicted molar refractivity (Wildman–Crippen MR) is 174 cm³/mol. The van der Waals surface area contributed by atoms with Crippen molar-refractivity contribution in [1.29, 1.82) is 0 Å². The highest BCUT2D eigenvalue weighted by Crippen LogP contribution is 2.30. The van der Waals surface area contributed by atoms with Crippen LogP contribution in [0.4, 0.5) is 5.69 Å². The number of nitrogens with zero attached hydrogens (tertiary/aromatic N) is 1. The Morgan fingerprint density at radius 1 is 0.878 bits per heavy atom. The van der Waals surface area contributed by atoms with E-state index in [2.05, 4.69) is 56.5 Å². The molecule has 2 N–H and O–H groups in total. The SMILES string of the molecule is CSCC[C@](C)(NC(=O)c1ccc(CN(Cc2ccc(Br)cc2)c2ccccc2)cc1-c1ccccc1C)C(=O)O. The zero-order valence-electron chi connectivity index (χ0n) is 23.6. The lowest BCUT2D eigenvalue weighted by Crippen LogP contribution is -2.52. The van der Waals surface area contributed by atoms with Crippen LogP contribution in [0.15, 0.2) is 102 Å². The Morgan fingerprint density at radius 2 is 1.51 bits per heavy atom. The molecule has 0 unspecified atom stereocenters. The second-order valence-corrected chi connectivity index (χ2v) is 12.2. The van der Waals surface area contributed by atoms with E-state index < -0.39 is 17.4 Å². The van der Waals surface area contributed by atoms with E-state index in [1.807, 2.05) is 79.9 Å². The zero-order chi connectivity index (χ0) is 29.4. The molecule has 212 valence electrons. The van der Waals surface area contributed by atoms with Crippen molar-refractivity contribution in [2.75, 3.05) is 16.9 Å². The van der Waals surface area contributed by atoms with Gasteiger partial charge in [0.1, 0.15) is 5.54 Å². The van der Waals surface area contributed by atoms with Crippen molar-refractivity contribution in [2.45, 2.75) is 38.9 Å². The van der Waals surface area contributed by atoms with Crippen LogP contribution >= 0.6 is 27.7 Å². The average Bonchev–Trinajstić information content (AvgIpc) is 2.97. The van der Waals surface area contributed by atoms with E-state index in [1.54, 1.807) is 18.7 Å². The van der Waals surface area contributed by atoms with Gasteiger partial charge >= 0.3 is 5.97 Å². The topological polar surface area (TPSA) is 69.6 Å². The summed E-state index contributed by atoms with van der Waals surface area (Å²) in [5.41, 5.74) is 5.19. The second kappa shape index (κ2) is 13.9. The van der Waals surface area contributed by atoms with Crippen molar-refractivity contribution in [2.24, 2.45) is 0 Å². The van der Waals surface area contributed by atoms with Crippen LogP contribution in [0.3, 0.4) is 0 Å². The van der Waals surface area contributed by atoms with E-state index in [0.717, 1.165) is 32.4 Å².